The van der Waals surface area contributed by atoms with Crippen LogP contribution in [0.15, 0.2) is 24.3 Å². The molecule has 0 saturated heterocycles. The Morgan fingerprint density at radius 2 is 1.60 bits per heavy atom. The van der Waals surface area contributed by atoms with Crippen LogP contribution in [0, 0.1) is 23.7 Å². The molecular formula is C21H34O4. The third-order valence-corrected chi connectivity index (χ3v) is 4.85. The average Bonchev–Trinajstić information content (AvgIpc) is 2.59. The Morgan fingerprint density at radius 1 is 1.04 bits per heavy atom. The molecule has 0 bridgehead atoms. The van der Waals surface area contributed by atoms with Gasteiger partial charge >= 0.3 is 0 Å². The van der Waals surface area contributed by atoms with Gasteiger partial charge in [0.05, 0.1) is 25.9 Å². The quantitative estimate of drug-likeness (QED) is 0.690. The molecule has 4 nitrogen and oxygen atoms in total. The molecule has 0 aliphatic heterocycles. The third kappa shape index (κ3) is 6.12. The van der Waals surface area contributed by atoms with Gasteiger partial charge in [0.15, 0.2) is 0 Å². The molecular weight excluding hydrogens is 316 g/mol. The Morgan fingerprint density at radius 3 is 2.04 bits per heavy atom. The molecule has 0 unspecified atom stereocenters. The predicted molar refractivity (Wildman–Crippen MR) is 101 cm³/mol. The van der Waals surface area contributed by atoms with Crippen LogP contribution in [-0.4, -0.2) is 30.2 Å². The van der Waals surface area contributed by atoms with Gasteiger partial charge in [0.2, 0.25) is 0 Å². The highest BCUT2D eigenvalue weighted by molar-refractivity contribution is 5.83. The van der Waals surface area contributed by atoms with Crippen molar-refractivity contribution in [2.45, 2.75) is 60.4 Å². The summed E-state index contributed by atoms with van der Waals surface area (Å²) in [5, 5.41) is 10.7. The summed E-state index contributed by atoms with van der Waals surface area (Å²) in [4.78, 5) is 12.2. The molecule has 0 aliphatic carbocycles. The highest BCUT2D eigenvalue weighted by atomic mass is 16.5. The third-order valence-electron chi connectivity index (χ3n) is 4.85. The largest absolute Gasteiger partial charge is 0.497 e. The van der Waals surface area contributed by atoms with Crippen LogP contribution in [-0.2, 0) is 16.1 Å². The van der Waals surface area contributed by atoms with E-state index in [9.17, 15) is 9.90 Å². The number of ketones is 1. The number of hydrogen-bond donors (Lipinski definition) is 1. The zero-order valence-electron chi connectivity index (χ0n) is 16.7. The standard InChI is InChI=1S/C21H34O4/c1-13(2)19(22)15(5)20(23)16(6)21(14(3)4)25-12-17-8-10-18(24-7)11-9-17/h8-11,13-16,20-21,23H,12H2,1-7H3/t15-,16+,20+,21+/m0/s1. The highest BCUT2D eigenvalue weighted by Crippen LogP contribution is 2.26. The molecule has 4 atom stereocenters. The lowest BCUT2D eigenvalue weighted by Crippen LogP contribution is -2.41. The van der Waals surface area contributed by atoms with E-state index in [0.717, 1.165) is 11.3 Å². The molecule has 1 N–H and O–H groups in total. The van der Waals surface area contributed by atoms with E-state index in [1.807, 2.05) is 52.0 Å². The van der Waals surface area contributed by atoms with Gasteiger partial charge in [0.1, 0.15) is 11.5 Å². The van der Waals surface area contributed by atoms with Crippen LogP contribution >= 0.6 is 0 Å². The van der Waals surface area contributed by atoms with E-state index in [-0.39, 0.29) is 35.6 Å². The lowest BCUT2D eigenvalue weighted by Gasteiger charge is -2.33. The minimum Gasteiger partial charge on any atom is -0.497 e. The fourth-order valence-electron chi connectivity index (χ4n) is 3.21. The van der Waals surface area contributed by atoms with Gasteiger partial charge in [0.25, 0.3) is 0 Å². The lowest BCUT2D eigenvalue weighted by atomic mass is 9.81. The number of carbonyl (C=O) groups is 1. The monoisotopic (exact) mass is 350 g/mol. The number of hydrogen-bond acceptors (Lipinski definition) is 4. The normalized spacial score (nSPS) is 16.6. The molecule has 1 rings (SSSR count). The van der Waals surface area contributed by atoms with Crippen molar-refractivity contribution in [2.24, 2.45) is 23.7 Å². The number of benzene rings is 1. The maximum absolute atomic E-state index is 12.2. The molecule has 0 saturated carbocycles. The molecule has 0 fully saturated rings. The Hall–Kier alpha value is -1.39. The van der Waals surface area contributed by atoms with E-state index in [2.05, 4.69) is 13.8 Å². The smallest absolute Gasteiger partial charge is 0.140 e. The minimum absolute atomic E-state index is 0.0745. The highest BCUT2D eigenvalue weighted by Gasteiger charge is 2.34. The van der Waals surface area contributed by atoms with Crippen molar-refractivity contribution >= 4 is 5.78 Å². The minimum atomic E-state index is -0.710. The van der Waals surface area contributed by atoms with Crippen molar-refractivity contribution in [1.82, 2.24) is 0 Å². The first-order valence-electron chi connectivity index (χ1n) is 9.15. The van der Waals surface area contributed by atoms with Crippen LogP contribution in [0.5, 0.6) is 5.75 Å². The summed E-state index contributed by atoms with van der Waals surface area (Å²) in [6.07, 6.45) is -0.835. The van der Waals surface area contributed by atoms with Gasteiger partial charge < -0.3 is 14.6 Å². The van der Waals surface area contributed by atoms with Gasteiger partial charge in [0, 0.05) is 17.8 Å². The van der Waals surface area contributed by atoms with Crippen LogP contribution in [0.3, 0.4) is 0 Å². The summed E-state index contributed by atoms with van der Waals surface area (Å²) in [6, 6.07) is 7.76. The molecule has 25 heavy (non-hydrogen) atoms. The second-order valence-corrected chi connectivity index (χ2v) is 7.56. The van der Waals surface area contributed by atoms with E-state index < -0.39 is 6.10 Å². The number of rotatable bonds is 10. The van der Waals surface area contributed by atoms with Crippen LogP contribution in [0.4, 0.5) is 0 Å². The van der Waals surface area contributed by atoms with E-state index in [1.54, 1.807) is 7.11 Å². The molecule has 0 radical (unpaired) electrons. The van der Waals surface area contributed by atoms with Crippen molar-refractivity contribution in [3.8, 4) is 5.75 Å². The molecule has 0 aromatic heterocycles. The van der Waals surface area contributed by atoms with Gasteiger partial charge in [-0.1, -0.05) is 53.7 Å². The van der Waals surface area contributed by atoms with Crippen molar-refractivity contribution in [1.29, 1.82) is 0 Å². The summed E-state index contributed by atoms with van der Waals surface area (Å²) in [6.45, 7) is 12.1. The molecule has 0 aliphatic rings. The molecule has 0 spiro atoms. The maximum atomic E-state index is 12.2. The lowest BCUT2D eigenvalue weighted by molar-refractivity contribution is -0.133. The first-order chi connectivity index (χ1) is 11.7. The fourth-order valence-corrected chi connectivity index (χ4v) is 3.21. The number of aliphatic hydroxyl groups excluding tert-OH is 1. The van der Waals surface area contributed by atoms with Gasteiger partial charge in [-0.2, -0.15) is 0 Å². The summed E-state index contributed by atoms with van der Waals surface area (Å²) < 4.78 is 11.3. The second-order valence-electron chi connectivity index (χ2n) is 7.56. The summed E-state index contributed by atoms with van der Waals surface area (Å²) in [7, 11) is 1.64. The zero-order chi connectivity index (χ0) is 19.1. The van der Waals surface area contributed by atoms with Crippen LogP contribution in [0.2, 0.25) is 0 Å². The number of Topliss-reactive ketones (excluding diaryl/α,β-unsaturated/α-hetero) is 1. The molecule has 0 amide bonds. The topological polar surface area (TPSA) is 55.8 Å². The van der Waals surface area contributed by atoms with Crippen molar-refractivity contribution < 1.29 is 19.4 Å². The van der Waals surface area contributed by atoms with Crippen molar-refractivity contribution in [3.05, 3.63) is 29.8 Å². The van der Waals surface area contributed by atoms with Gasteiger partial charge in [-0.05, 0) is 23.6 Å². The number of aliphatic hydroxyl groups is 1. The first-order valence-corrected chi connectivity index (χ1v) is 9.15. The number of carbonyl (C=O) groups excluding carboxylic acids is 1. The summed E-state index contributed by atoms with van der Waals surface area (Å²) >= 11 is 0. The van der Waals surface area contributed by atoms with E-state index >= 15 is 0 Å². The molecule has 4 heteroatoms. The van der Waals surface area contributed by atoms with E-state index in [4.69, 9.17) is 9.47 Å². The SMILES string of the molecule is COc1ccc(CO[C@H](C(C)C)[C@H](C)[C@H](O)[C@@H](C)C(=O)C(C)C)cc1. The average molecular weight is 350 g/mol. The molecule has 1 aromatic carbocycles. The second kappa shape index (κ2) is 9.93. The van der Waals surface area contributed by atoms with Gasteiger partial charge in [-0.15, -0.1) is 0 Å². The molecule has 0 heterocycles. The van der Waals surface area contributed by atoms with Gasteiger partial charge in [-0.25, -0.2) is 0 Å². The Balaban J connectivity index is 2.75. The number of methoxy groups -OCH3 is 1. The molecule has 142 valence electrons. The van der Waals surface area contributed by atoms with Gasteiger partial charge in [-0.3, -0.25) is 4.79 Å². The zero-order valence-corrected chi connectivity index (χ0v) is 16.7. The molecule has 1 aromatic rings. The summed E-state index contributed by atoms with van der Waals surface area (Å²) in [5.41, 5.74) is 1.06. The Kier molecular flexibility index (Phi) is 8.60. The first kappa shape index (κ1) is 21.7. The van der Waals surface area contributed by atoms with E-state index in [1.165, 1.54) is 0 Å². The van der Waals surface area contributed by atoms with Crippen LogP contribution < -0.4 is 4.74 Å². The van der Waals surface area contributed by atoms with Crippen molar-refractivity contribution in [2.75, 3.05) is 7.11 Å². The fraction of sp³-hybridized carbons (Fsp3) is 0.667. The van der Waals surface area contributed by atoms with E-state index in [0.29, 0.717) is 6.61 Å². The number of ether oxygens (including phenoxy) is 2. The maximum Gasteiger partial charge on any atom is 0.140 e. The van der Waals surface area contributed by atoms with Crippen LogP contribution in [0.1, 0.15) is 47.1 Å². The Bertz CT molecular complexity index is 521. The summed E-state index contributed by atoms with van der Waals surface area (Å²) in [5.74, 6) is 0.557. The van der Waals surface area contributed by atoms with Crippen molar-refractivity contribution in [3.63, 3.8) is 0 Å². The van der Waals surface area contributed by atoms with Crippen LogP contribution in [0.25, 0.3) is 0 Å². The Labute approximate surface area is 152 Å². The predicted octanol–water partition coefficient (Wildman–Crippen LogP) is 4.09.